The van der Waals surface area contributed by atoms with Crippen LogP contribution in [0.25, 0.3) is 6.08 Å². The first-order valence-electron chi connectivity index (χ1n) is 11.7. The van der Waals surface area contributed by atoms with E-state index >= 15 is 0 Å². The summed E-state index contributed by atoms with van der Waals surface area (Å²) in [5.74, 6) is 1.12. The minimum absolute atomic E-state index is 0.313. The summed E-state index contributed by atoms with van der Waals surface area (Å²) in [5, 5.41) is 0. The molecule has 1 aromatic rings. The Labute approximate surface area is 194 Å². The molecule has 0 unspecified atom stereocenters. The predicted molar refractivity (Wildman–Crippen MR) is 135 cm³/mol. The summed E-state index contributed by atoms with van der Waals surface area (Å²) in [5.41, 5.74) is 5.91. The molecule has 0 saturated heterocycles. The van der Waals surface area contributed by atoms with Crippen LogP contribution in [-0.2, 0) is 4.79 Å². The Morgan fingerprint density at radius 1 is 0.969 bits per heavy atom. The molecular formula is C29H40O3. The molecule has 0 aliphatic carbocycles. The smallest absolute Gasteiger partial charge is 0.308 e. The topological polar surface area (TPSA) is 35.5 Å². The zero-order chi connectivity index (χ0) is 23.7. The van der Waals surface area contributed by atoms with Gasteiger partial charge in [0, 0.05) is 12.5 Å². The van der Waals surface area contributed by atoms with E-state index < -0.39 is 0 Å². The van der Waals surface area contributed by atoms with Gasteiger partial charge in [-0.3, -0.25) is 4.79 Å². The SMILES string of the molecule is CC(=O)Oc1cc(C)c2c(c1)C=C[C@@](C)(CC/C=C(\C)CC/C=C(\C)CCC=C(C)C)O2. The van der Waals surface area contributed by atoms with Gasteiger partial charge in [0.1, 0.15) is 17.1 Å². The van der Waals surface area contributed by atoms with Gasteiger partial charge in [0.15, 0.2) is 0 Å². The lowest BCUT2D eigenvalue weighted by Gasteiger charge is -2.32. The van der Waals surface area contributed by atoms with Crippen LogP contribution in [0.1, 0.15) is 91.2 Å². The highest BCUT2D eigenvalue weighted by molar-refractivity contribution is 5.71. The van der Waals surface area contributed by atoms with Crippen molar-refractivity contribution in [3.63, 3.8) is 0 Å². The van der Waals surface area contributed by atoms with Crippen LogP contribution < -0.4 is 9.47 Å². The second kappa shape index (κ2) is 11.9. The summed E-state index contributed by atoms with van der Waals surface area (Å²) in [4.78, 5) is 11.2. The summed E-state index contributed by atoms with van der Waals surface area (Å²) < 4.78 is 11.6. The van der Waals surface area contributed by atoms with Gasteiger partial charge in [0.2, 0.25) is 0 Å². The van der Waals surface area contributed by atoms with Crippen LogP contribution >= 0.6 is 0 Å². The number of esters is 1. The average molecular weight is 437 g/mol. The van der Waals surface area contributed by atoms with Crippen molar-refractivity contribution in [2.75, 3.05) is 0 Å². The third-order valence-corrected chi connectivity index (χ3v) is 5.75. The van der Waals surface area contributed by atoms with E-state index in [2.05, 4.69) is 65.0 Å². The quantitative estimate of drug-likeness (QED) is 0.210. The van der Waals surface area contributed by atoms with Crippen molar-refractivity contribution >= 4 is 12.0 Å². The third-order valence-electron chi connectivity index (χ3n) is 5.75. The van der Waals surface area contributed by atoms with Crippen molar-refractivity contribution in [2.24, 2.45) is 0 Å². The molecule has 1 heterocycles. The molecule has 0 aromatic heterocycles. The number of allylic oxidation sites excluding steroid dienone is 6. The molecule has 3 heteroatoms. The zero-order valence-corrected chi connectivity index (χ0v) is 21.0. The van der Waals surface area contributed by atoms with Gasteiger partial charge >= 0.3 is 5.97 Å². The van der Waals surface area contributed by atoms with Crippen LogP contribution in [0.3, 0.4) is 0 Å². The summed E-state index contributed by atoms with van der Waals surface area (Å²) in [6.07, 6.45) is 17.6. The molecule has 0 fully saturated rings. The maximum atomic E-state index is 11.2. The maximum Gasteiger partial charge on any atom is 0.308 e. The Morgan fingerprint density at radius 3 is 2.22 bits per heavy atom. The van der Waals surface area contributed by atoms with E-state index in [1.54, 1.807) is 0 Å². The normalized spacial score (nSPS) is 18.1. The molecule has 1 aliphatic rings. The van der Waals surface area contributed by atoms with Gasteiger partial charge in [-0.25, -0.2) is 0 Å². The average Bonchev–Trinajstić information content (AvgIpc) is 2.68. The van der Waals surface area contributed by atoms with Crippen LogP contribution in [-0.4, -0.2) is 11.6 Å². The van der Waals surface area contributed by atoms with Crippen molar-refractivity contribution in [1.29, 1.82) is 0 Å². The summed E-state index contributed by atoms with van der Waals surface area (Å²) in [7, 11) is 0. The fourth-order valence-corrected chi connectivity index (χ4v) is 3.87. The molecule has 0 amide bonds. The minimum atomic E-state index is -0.334. The molecule has 0 spiro atoms. The summed E-state index contributed by atoms with van der Waals surface area (Å²) in [6.45, 7) is 14.3. The molecule has 0 radical (unpaired) electrons. The molecule has 0 N–H and O–H groups in total. The van der Waals surface area contributed by atoms with Crippen LogP contribution in [0.5, 0.6) is 11.5 Å². The maximum absolute atomic E-state index is 11.2. The standard InChI is InChI=1S/C29H40O3/c1-21(2)11-8-12-22(3)13-9-14-23(4)15-10-17-29(7)18-16-26-20-27(31-25(6)30)19-24(5)28(26)32-29/h11,13,15-16,18-20H,8-10,12,14,17H2,1-7H3/b22-13+,23-15+/t29-/m1/s1. The largest absolute Gasteiger partial charge is 0.483 e. The minimum Gasteiger partial charge on any atom is -0.483 e. The van der Waals surface area contributed by atoms with E-state index in [4.69, 9.17) is 9.47 Å². The van der Waals surface area contributed by atoms with Crippen LogP contribution in [0.15, 0.2) is 53.2 Å². The highest BCUT2D eigenvalue weighted by Gasteiger charge is 2.28. The zero-order valence-electron chi connectivity index (χ0n) is 21.0. The Kier molecular flexibility index (Phi) is 9.56. The Bertz CT molecular complexity index is 926. The van der Waals surface area contributed by atoms with Gasteiger partial charge in [-0.05, 0) is 104 Å². The van der Waals surface area contributed by atoms with Gasteiger partial charge in [0.25, 0.3) is 0 Å². The van der Waals surface area contributed by atoms with E-state index in [1.807, 2.05) is 19.1 Å². The predicted octanol–water partition coefficient (Wildman–Crippen LogP) is 8.28. The van der Waals surface area contributed by atoms with E-state index in [1.165, 1.54) is 23.6 Å². The van der Waals surface area contributed by atoms with Crippen LogP contribution in [0.2, 0.25) is 0 Å². The number of carbonyl (C=O) groups excluding carboxylic acids is 1. The lowest BCUT2D eigenvalue weighted by Crippen LogP contribution is -2.32. The van der Waals surface area contributed by atoms with E-state index in [0.717, 1.165) is 55.4 Å². The number of aryl methyl sites for hydroxylation is 1. The van der Waals surface area contributed by atoms with Crippen LogP contribution in [0, 0.1) is 6.92 Å². The number of ether oxygens (including phenoxy) is 2. The highest BCUT2D eigenvalue weighted by atomic mass is 16.5. The van der Waals surface area contributed by atoms with Gasteiger partial charge in [-0.1, -0.05) is 41.0 Å². The molecule has 0 bridgehead atoms. The van der Waals surface area contributed by atoms with Gasteiger partial charge in [-0.15, -0.1) is 0 Å². The second-order valence-electron chi connectivity index (χ2n) is 9.50. The number of carbonyl (C=O) groups is 1. The third kappa shape index (κ3) is 8.53. The number of hydrogen-bond donors (Lipinski definition) is 0. The number of hydrogen-bond acceptors (Lipinski definition) is 3. The first-order valence-corrected chi connectivity index (χ1v) is 11.7. The first kappa shape index (κ1) is 25.7. The first-order chi connectivity index (χ1) is 15.1. The van der Waals surface area contributed by atoms with Crippen LogP contribution in [0.4, 0.5) is 0 Å². The molecule has 0 saturated carbocycles. The molecule has 1 atom stereocenters. The molecule has 174 valence electrons. The summed E-state index contributed by atoms with van der Waals surface area (Å²) >= 11 is 0. The molecule has 2 rings (SSSR count). The van der Waals surface area contributed by atoms with Crippen molar-refractivity contribution in [3.05, 3.63) is 64.3 Å². The van der Waals surface area contributed by atoms with Crippen molar-refractivity contribution in [2.45, 2.75) is 92.6 Å². The van der Waals surface area contributed by atoms with E-state index in [-0.39, 0.29) is 11.6 Å². The van der Waals surface area contributed by atoms with Gasteiger partial charge in [0.05, 0.1) is 0 Å². The summed E-state index contributed by atoms with van der Waals surface area (Å²) in [6, 6.07) is 3.72. The Morgan fingerprint density at radius 2 is 1.59 bits per heavy atom. The monoisotopic (exact) mass is 436 g/mol. The van der Waals surface area contributed by atoms with Crippen molar-refractivity contribution < 1.29 is 14.3 Å². The van der Waals surface area contributed by atoms with Crippen molar-refractivity contribution in [3.8, 4) is 11.5 Å². The number of benzene rings is 1. The molecule has 1 aromatic carbocycles. The second-order valence-corrected chi connectivity index (χ2v) is 9.50. The lowest BCUT2D eigenvalue weighted by molar-refractivity contribution is -0.131. The lowest BCUT2D eigenvalue weighted by atomic mass is 9.93. The fourth-order valence-electron chi connectivity index (χ4n) is 3.87. The molecule has 32 heavy (non-hydrogen) atoms. The van der Waals surface area contributed by atoms with E-state index in [9.17, 15) is 4.79 Å². The number of fused-ring (bicyclic) bond motifs is 1. The number of rotatable bonds is 10. The fraction of sp³-hybridized carbons (Fsp3) is 0.483. The van der Waals surface area contributed by atoms with Gasteiger partial charge in [-0.2, -0.15) is 0 Å². The molecule has 3 nitrogen and oxygen atoms in total. The van der Waals surface area contributed by atoms with Gasteiger partial charge < -0.3 is 9.47 Å². The Hall–Kier alpha value is -2.55. The van der Waals surface area contributed by atoms with E-state index in [0.29, 0.717) is 5.75 Å². The molecular weight excluding hydrogens is 396 g/mol. The van der Waals surface area contributed by atoms with Crippen molar-refractivity contribution in [1.82, 2.24) is 0 Å². The highest BCUT2D eigenvalue weighted by Crippen LogP contribution is 2.38. The molecule has 1 aliphatic heterocycles. The Balaban J connectivity index is 1.86.